The van der Waals surface area contributed by atoms with E-state index in [9.17, 15) is 4.39 Å². The molecule has 2 rings (SSSR count). The molecule has 2 aromatic rings. The van der Waals surface area contributed by atoms with Gasteiger partial charge < -0.3 is 5.73 Å². The van der Waals surface area contributed by atoms with E-state index in [0.717, 1.165) is 11.5 Å². The largest absolute Gasteiger partial charge is 0.328 e. The van der Waals surface area contributed by atoms with Gasteiger partial charge in [-0.1, -0.05) is 0 Å². The lowest BCUT2D eigenvalue weighted by Crippen LogP contribution is -2.20. The minimum atomic E-state index is -0.259. The third-order valence-corrected chi connectivity index (χ3v) is 2.23. The molecule has 2 N–H and O–H groups in total. The van der Waals surface area contributed by atoms with Crippen LogP contribution < -0.4 is 5.73 Å². The second kappa shape index (κ2) is 4.40. The molecule has 0 radical (unpaired) electrons. The van der Waals surface area contributed by atoms with Crippen molar-refractivity contribution in [3.63, 3.8) is 0 Å². The fourth-order valence-electron chi connectivity index (χ4n) is 1.50. The van der Waals surface area contributed by atoms with Crippen LogP contribution in [0.25, 0.3) is 5.69 Å². The highest BCUT2D eigenvalue weighted by Gasteiger charge is 2.08. The Balaban J connectivity index is 2.33. The third-order valence-electron chi connectivity index (χ3n) is 2.23. The monoisotopic (exact) mass is 220 g/mol. The van der Waals surface area contributed by atoms with E-state index in [1.54, 1.807) is 18.5 Å². The molecular weight excluding hydrogens is 207 g/mol. The molecule has 1 aromatic carbocycles. The van der Waals surface area contributed by atoms with Gasteiger partial charge in [0.15, 0.2) is 0 Å². The first-order valence-corrected chi connectivity index (χ1v) is 5.07. The second-order valence-corrected chi connectivity index (χ2v) is 3.77. The van der Waals surface area contributed by atoms with Crippen LogP contribution in [0.4, 0.5) is 4.39 Å². The van der Waals surface area contributed by atoms with Gasteiger partial charge in [-0.3, -0.25) is 4.57 Å². The summed E-state index contributed by atoms with van der Waals surface area (Å²) < 4.78 is 14.6. The lowest BCUT2D eigenvalue weighted by atomic mass is 10.2. The maximum Gasteiger partial charge on any atom is 0.138 e. The van der Waals surface area contributed by atoms with Crippen LogP contribution in [0.15, 0.2) is 30.6 Å². The standard InChI is InChI=1S/C11H13FN4/c1-8(13)6-11-15-14-7-16(11)10-4-2-9(12)3-5-10/h2-5,7-8H,6,13H2,1H3. The van der Waals surface area contributed by atoms with Crippen molar-refractivity contribution in [1.29, 1.82) is 0 Å². The average molecular weight is 220 g/mol. The summed E-state index contributed by atoms with van der Waals surface area (Å²) in [6.45, 7) is 1.91. The molecule has 16 heavy (non-hydrogen) atoms. The van der Waals surface area contributed by atoms with Crippen molar-refractivity contribution in [2.24, 2.45) is 5.73 Å². The first-order chi connectivity index (χ1) is 7.66. The van der Waals surface area contributed by atoms with E-state index in [-0.39, 0.29) is 11.9 Å². The highest BCUT2D eigenvalue weighted by atomic mass is 19.1. The number of halogens is 1. The van der Waals surface area contributed by atoms with Crippen molar-refractivity contribution < 1.29 is 4.39 Å². The summed E-state index contributed by atoms with van der Waals surface area (Å²) in [5, 5.41) is 7.83. The maximum absolute atomic E-state index is 12.8. The summed E-state index contributed by atoms with van der Waals surface area (Å²) in [6, 6.07) is 6.20. The van der Waals surface area contributed by atoms with Crippen LogP contribution in [-0.4, -0.2) is 20.8 Å². The molecule has 0 saturated heterocycles. The Hall–Kier alpha value is -1.75. The van der Waals surface area contributed by atoms with Crippen molar-refractivity contribution in [2.45, 2.75) is 19.4 Å². The zero-order chi connectivity index (χ0) is 11.5. The molecule has 1 aromatic heterocycles. The molecule has 0 aliphatic rings. The first-order valence-electron chi connectivity index (χ1n) is 5.07. The molecule has 5 heteroatoms. The lowest BCUT2D eigenvalue weighted by molar-refractivity contribution is 0.627. The normalized spacial score (nSPS) is 12.7. The summed E-state index contributed by atoms with van der Waals surface area (Å²) in [7, 11) is 0. The molecule has 0 fully saturated rings. The van der Waals surface area contributed by atoms with Crippen LogP contribution in [-0.2, 0) is 6.42 Å². The maximum atomic E-state index is 12.8. The predicted molar refractivity (Wildman–Crippen MR) is 58.7 cm³/mol. The molecule has 4 nitrogen and oxygen atoms in total. The minimum Gasteiger partial charge on any atom is -0.328 e. The first kappa shape index (κ1) is 10.8. The molecule has 0 amide bonds. The summed E-state index contributed by atoms with van der Waals surface area (Å²) in [5.74, 6) is 0.521. The fourth-order valence-corrected chi connectivity index (χ4v) is 1.50. The van der Waals surface area contributed by atoms with Gasteiger partial charge in [0, 0.05) is 18.2 Å². The van der Waals surface area contributed by atoms with Gasteiger partial charge in [-0.2, -0.15) is 0 Å². The van der Waals surface area contributed by atoms with Gasteiger partial charge in [-0.15, -0.1) is 10.2 Å². The Morgan fingerprint density at radius 3 is 2.69 bits per heavy atom. The number of rotatable bonds is 3. The molecule has 0 aliphatic carbocycles. The van der Waals surface area contributed by atoms with Gasteiger partial charge >= 0.3 is 0 Å². The van der Waals surface area contributed by atoms with Gasteiger partial charge in [0.1, 0.15) is 18.0 Å². The number of nitrogens with zero attached hydrogens (tertiary/aromatic N) is 3. The van der Waals surface area contributed by atoms with E-state index in [2.05, 4.69) is 10.2 Å². The Labute approximate surface area is 92.9 Å². The quantitative estimate of drug-likeness (QED) is 0.848. The molecule has 0 saturated carbocycles. The molecule has 1 unspecified atom stereocenters. The topological polar surface area (TPSA) is 56.7 Å². The molecule has 0 aliphatic heterocycles. The molecule has 0 spiro atoms. The average Bonchev–Trinajstić information content (AvgIpc) is 2.66. The second-order valence-electron chi connectivity index (χ2n) is 3.77. The predicted octanol–water partition coefficient (Wildman–Crippen LogP) is 1.30. The highest BCUT2D eigenvalue weighted by molar-refractivity contribution is 5.32. The van der Waals surface area contributed by atoms with Crippen LogP contribution in [0.5, 0.6) is 0 Å². The third kappa shape index (κ3) is 2.25. The molecule has 1 heterocycles. The summed E-state index contributed by atoms with van der Waals surface area (Å²) >= 11 is 0. The van der Waals surface area contributed by atoms with E-state index in [4.69, 9.17) is 5.73 Å². The number of benzene rings is 1. The van der Waals surface area contributed by atoms with E-state index >= 15 is 0 Å². The number of nitrogens with two attached hydrogens (primary N) is 1. The van der Waals surface area contributed by atoms with Crippen molar-refractivity contribution in [3.05, 3.63) is 42.2 Å². The van der Waals surface area contributed by atoms with Crippen molar-refractivity contribution >= 4 is 0 Å². The van der Waals surface area contributed by atoms with Crippen molar-refractivity contribution in [1.82, 2.24) is 14.8 Å². The molecule has 0 bridgehead atoms. The number of hydrogen-bond acceptors (Lipinski definition) is 3. The van der Waals surface area contributed by atoms with Crippen molar-refractivity contribution in [3.8, 4) is 5.69 Å². The zero-order valence-corrected chi connectivity index (χ0v) is 8.97. The Morgan fingerprint density at radius 1 is 1.38 bits per heavy atom. The fraction of sp³-hybridized carbons (Fsp3) is 0.273. The Morgan fingerprint density at radius 2 is 2.06 bits per heavy atom. The van der Waals surface area contributed by atoms with Gasteiger partial charge in [0.2, 0.25) is 0 Å². The number of aromatic nitrogens is 3. The van der Waals surface area contributed by atoms with Crippen LogP contribution in [0.3, 0.4) is 0 Å². The molecule has 84 valence electrons. The highest BCUT2D eigenvalue weighted by Crippen LogP contribution is 2.11. The van der Waals surface area contributed by atoms with Crippen LogP contribution in [0.2, 0.25) is 0 Å². The zero-order valence-electron chi connectivity index (χ0n) is 8.97. The lowest BCUT2D eigenvalue weighted by Gasteiger charge is -2.08. The molecular formula is C11H13FN4. The van der Waals surface area contributed by atoms with E-state index in [0.29, 0.717) is 6.42 Å². The van der Waals surface area contributed by atoms with Gasteiger partial charge in [-0.05, 0) is 31.2 Å². The van der Waals surface area contributed by atoms with Crippen LogP contribution in [0, 0.1) is 5.82 Å². The van der Waals surface area contributed by atoms with Crippen LogP contribution >= 0.6 is 0 Å². The molecule has 1 atom stereocenters. The SMILES string of the molecule is CC(N)Cc1nncn1-c1ccc(F)cc1. The minimum absolute atomic E-state index is 0.0170. The number of hydrogen-bond donors (Lipinski definition) is 1. The van der Waals surface area contributed by atoms with E-state index < -0.39 is 0 Å². The smallest absolute Gasteiger partial charge is 0.138 e. The van der Waals surface area contributed by atoms with E-state index in [1.807, 2.05) is 11.5 Å². The van der Waals surface area contributed by atoms with Crippen LogP contribution in [0.1, 0.15) is 12.7 Å². The summed E-state index contributed by atoms with van der Waals surface area (Å²) in [6.07, 6.45) is 2.24. The summed E-state index contributed by atoms with van der Waals surface area (Å²) in [5.41, 5.74) is 6.55. The Bertz CT molecular complexity index is 461. The summed E-state index contributed by atoms with van der Waals surface area (Å²) in [4.78, 5) is 0. The Kier molecular flexibility index (Phi) is 2.96. The van der Waals surface area contributed by atoms with Crippen molar-refractivity contribution in [2.75, 3.05) is 0 Å². The van der Waals surface area contributed by atoms with Gasteiger partial charge in [0.25, 0.3) is 0 Å². The van der Waals surface area contributed by atoms with Gasteiger partial charge in [-0.25, -0.2) is 4.39 Å². The van der Waals surface area contributed by atoms with Gasteiger partial charge in [0.05, 0.1) is 0 Å². The van der Waals surface area contributed by atoms with E-state index in [1.165, 1.54) is 12.1 Å².